The number of allylic oxidation sites excluding steroid dienone is 3. The standard InChI is InChI=1S/C36H40N4O7/c1-24-10-6-7-12-29(24)37-36(44)38-30-15-14-28(21-33(30)46-4)40(25(2)41)19-17-26-11-8-9-18-39(23-26)31(22-35(42)43)27-13-16-32(45-3)34(20-27)47-5/h6-16,18,20-21,23,31H,17,19,22H2,1-5H3,(H,42,43)(H2,37,38,44). The first-order valence-electron chi connectivity index (χ1n) is 15.0. The minimum absolute atomic E-state index is 0.160. The summed E-state index contributed by atoms with van der Waals surface area (Å²) in [6, 6.07) is 17.0. The Hall–Kier alpha value is -5.71. The summed E-state index contributed by atoms with van der Waals surface area (Å²) >= 11 is 0. The Labute approximate surface area is 274 Å². The van der Waals surface area contributed by atoms with Crippen molar-refractivity contribution in [3.8, 4) is 17.2 Å². The third-order valence-corrected chi connectivity index (χ3v) is 7.66. The van der Waals surface area contributed by atoms with E-state index in [0.29, 0.717) is 47.3 Å². The average molecular weight is 641 g/mol. The van der Waals surface area contributed by atoms with E-state index in [1.165, 1.54) is 21.1 Å². The second-order valence-corrected chi connectivity index (χ2v) is 10.8. The highest BCUT2D eigenvalue weighted by Gasteiger charge is 2.23. The van der Waals surface area contributed by atoms with E-state index in [2.05, 4.69) is 10.6 Å². The van der Waals surface area contributed by atoms with Crippen molar-refractivity contribution in [1.82, 2.24) is 4.90 Å². The van der Waals surface area contributed by atoms with Gasteiger partial charge in [0.2, 0.25) is 5.91 Å². The van der Waals surface area contributed by atoms with Crippen molar-refractivity contribution >= 4 is 35.0 Å². The number of amides is 3. The third kappa shape index (κ3) is 8.94. The molecular weight excluding hydrogens is 600 g/mol. The maximum absolute atomic E-state index is 12.8. The summed E-state index contributed by atoms with van der Waals surface area (Å²) in [6.07, 6.45) is 9.68. The number of aryl methyl sites for hydroxylation is 1. The smallest absolute Gasteiger partial charge is 0.323 e. The Morgan fingerprint density at radius 2 is 1.60 bits per heavy atom. The van der Waals surface area contributed by atoms with Crippen LogP contribution >= 0.6 is 0 Å². The molecule has 1 atom stereocenters. The first-order chi connectivity index (χ1) is 22.6. The van der Waals surface area contributed by atoms with E-state index in [9.17, 15) is 19.5 Å². The predicted octanol–water partition coefficient (Wildman–Crippen LogP) is 6.89. The maximum Gasteiger partial charge on any atom is 0.323 e. The van der Waals surface area contributed by atoms with E-state index >= 15 is 0 Å². The molecule has 0 saturated carbocycles. The molecule has 11 heteroatoms. The number of nitrogens with one attached hydrogen (secondary N) is 2. The van der Waals surface area contributed by atoms with Crippen LogP contribution in [0, 0.1) is 6.92 Å². The Kier molecular flexibility index (Phi) is 11.7. The number of hydrogen-bond acceptors (Lipinski definition) is 7. The fourth-order valence-electron chi connectivity index (χ4n) is 5.22. The van der Waals surface area contributed by atoms with Gasteiger partial charge in [-0.25, -0.2) is 4.79 Å². The maximum atomic E-state index is 12.8. The number of anilines is 3. The molecule has 0 saturated heterocycles. The number of para-hydroxylation sites is 1. The van der Waals surface area contributed by atoms with E-state index in [1.807, 2.05) is 72.8 Å². The highest BCUT2D eigenvalue weighted by molar-refractivity contribution is 6.01. The van der Waals surface area contributed by atoms with Gasteiger partial charge in [-0.1, -0.05) is 36.4 Å². The molecule has 0 radical (unpaired) electrons. The molecule has 11 nitrogen and oxygen atoms in total. The number of ether oxygens (including phenoxy) is 3. The number of nitrogens with zero attached hydrogens (tertiary/aromatic N) is 2. The molecule has 246 valence electrons. The third-order valence-electron chi connectivity index (χ3n) is 7.66. The number of rotatable bonds is 13. The van der Waals surface area contributed by atoms with Crippen molar-refractivity contribution in [2.75, 3.05) is 43.4 Å². The molecule has 47 heavy (non-hydrogen) atoms. The molecule has 1 unspecified atom stereocenters. The van der Waals surface area contributed by atoms with Crippen LogP contribution in [0.2, 0.25) is 0 Å². The Balaban J connectivity index is 1.52. The zero-order valence-electron chi connectivity index (χ0n) is 27.2. The van der Waals surface area contributed by atoms with Crippen molar-refractivity contribution in [2.24, 2.45) is 0 Å². The zero-order chi connectivity index (χ0) is 33.9. The summed E-state index contributed by atoms with van der Waals surface area (Å²) in [7, 11) is 4.57. The zero-order valence-corrected chi connectivity index (χ0v) is 27.2. The van der Waals surface area contributed by atoms with Crippen molar-refractivity contribution in [3.63, 3.8) is 0 Å². The van der Waals surface area contributed by atoms with Crippen molar-refractivity contribution in [2.45, 2.75) is 32.7 Å². The van der Waals surface area contributed by atoms with E-state index in [-0.39, 0.29) is 12.3 Å². The topological polar surface area (TPSA) is 130 Å². The molecule has 0 aliphatic carbocycles. The first kappa shape index (κ1) is 34.2. The number of carbonyl (C=O) groups excluding carboxylic acids is 2. The number of carboxylic acid groups (broad SMARTS) is 1. The minimum atomic E-state index is -0.951. The van der Waals surface area contributed by atoms with Gasteiger partial charge in [0.15, 0.2) is 11.5 Å². The Bertz CT molecular complexity index is 1700. The number of aliphatic carboxylic acids is 1. The molecule has 0 bridgehead atoms. The van der Waals surface area contributed by atoms with Crippen molar-refractivity contribution in [1.29, 1.82) is 0 Å². The second kappa shape index (κ2) is 16.0. The molecule has 1 heterocycles. The van der Waals surface area contributed by atoms with Gasteiger partial charge in [0.25, 0.3) is 0 Å². The van der Waals surface area contributed by atoms with Crippen molar-refractivity contribution < 1.29 is 33.7 Å². The Morgan fingerprint density at radius 1 is 0.872 bits per heavy atom. The van der Waals surface area contributed by atoms with Crippen LogP contribution < -0.4 is 29.7 Å². The van der Waals surface area contributed by atoms with Gasteiger partial charge < -0.3 is 39.8 Å². The fourth-order valence-corrected chi connectivity index (χ4v) is 5.22. The van der Waals surface area contributed by atoms with Crippen LogP contribution in [0.4, 0.5) is 21.9 Å². The number of urea groups is 1. The van der Waals surface area contributed by atoms with E-state index in [4.69, 9.17) is 14.2 Å². The molecule has 3 amide bonds. The van der Waals surface area contributed by atoms with E-state index in [1.54, 1.807) is 42.3 Å². The molecule has 1 aliphatic rings. The van der Waals surface area contributed by atoms with E-state index < -0.39 is 18.0 Å². The van der Waals surface area contributed by atoms with Crippen LogP contribution in [-0.4, -0.2) is 55.8 Å². The summed E-state index contributed by atoms with van der Waals surface area (Å²) in [4.78, 5) is 40.9. The van der Waals surface area contributed by atoms with Crippen LogP contribution in [0.1, 0.15) is 36.9 Å². The normalized spacial score (nSPS) is 12.8. The quantitative estimate of drug-likeness (QED) is 0.184. The van der Waals surface area contributed by atoms with Crippen LogP contribution in [0.5, 0.6) is 17.2 Å². The monoisotopic (exact) mass is 640 g/mol. The lowest BCUT2D eigenvalue weighted by molar-refractivity contribution is -0.138. The van der Waals surface area contributed by atoms with Crippen LogP contribution in [0.25, 0.3) is 0 Å². The minimum Gasteiger partial charge on any atom is -0.494 e. The SMILES string of the molecule is COc1cc(N(CCC2=CN(C(CC(=O)O)c3ccc(OC)c(OC)c3)C=CC=C2)C(C)=O)ccc1NC(=O)Nc1ccccc1C. The molecule has 0 aromatic heterocycles. The predicted molar refractivity (Wildman–Crippen MR) is 182 cm³/mol. The number of benzene rings is 3. The van der Waals surface area contributed by atoms with Crippen molar-refractivity contribution in [3.05, 3.63) is 108 Å². The second-order valence-electron chi connectivity index (χ2n) is 10.8. The lowest BCUT2D eigenvalue weighted by Crippen LogP contribution is -2.30. The molecule has 3 N–H and O–H groups in total. The summed E-state index contributed by atoms with van der Waals surface area (Å²) in [5.74, 6) is 0.316. The van der Waals surface area contributed by atoms with Gasteiger partial charge in [-0.05, 0) is 66.5 Å². The van der Waals surface area contributed by atoms with Gasteiger partial charge in [0.05, 0.1) is 39.5 Å². The lowest BCUT2D eigenvalue weighted by Gasteiger charge is -2.28. The van der Waals surface area contributed by atoms with Gasteiger partial charge in [0, 0.05) is 43.3 Å². The summed E-state index contributed by atoms with van der Waals surface area (Å²) < 4.78 is 16.4. The molecular formula is C36H40N4O7. The molecule has 1 aliphatic heterocycles. The highest BCUT2D eigenvalue weighted by atomic mass is 16.5. The number of hydrogen-bond donors (Lipinski definition) is 3. The lowest BCUT2D eigenvalue weighted by atomic mass is 10.0. The average Bonchev–Trinajstić information content (AvgIpc) is 3.30. The van der Waals surface area contributed by atoms with Gasteiger partial charge in [-0.3, -0.25) is 9.59 Å². The van der Waals surface area contributed by atoms with Gasteiger partial charge in [-0.15, -0.1) is 0 Å². The van der Waals surface area contributed by atoms with Gasteiger partial charge in [0.1, 0.15) is 5.75 Å². The van der Waals surface area contributed by atoms with Gasteiger partial charge >= 0.3 is 12.0 Å². The molecule has 0 fully saturated rings. The summed E-state index contributed by atoms with van der Waals surface area (Å²) in [5, 5.41) is 15.4. The van der Waals surface area contributed by atoms with Crippen LogP contribution in [0.3, 0.4) is 0 Å². The summed E-state index contributed by atoms with van der Waals surface area (Å²) in [6.45, 7) is 3.73. The number of methoxy groups -OCH3 is 3. The number of carboxylic acids is 1. The fraction of sp³-hybridized carbons (Fsp3) is 0.250. The summed E-state index contributed by atoms with van der Waals surface area (Å²) in [5.41, 5.74) is 4.29. The van der Waals surface area contributed by atoms with E-state index in [0.717, 1.165) is 16.7 Å². The molecule has 3 aromatic rings. The van der Waals surface area contributed by atoms with Crippen LogP contribution in [0.15, 0.2) is 96.9 Å². The molecule has 0 spiro atoms. The van der Waals surface area contributed by atoms with Crippen LogP contribution in [-0.2, 0) is 9.59 Å². The molecule has 3 aromatic carbocycles. The number of carbonyl (C=O) groups is 3. The Morgan fingerprint density at radius 3 is 2.28 bits per heavy atom. The van der Waals surface area contributed by atoms with Gasteiger partial charge in [-0.2, -0.15) is 0 Å². The highest BCUT2D eigenvalue weighted by Crippen LogP contribution is 2.35. The largest absolute Gasteiger partial charge is 0.494 e. The first-order valence-corrected chi connectivity index (χ1v) is 15.0. The molecule has 4 rings (SSSR count).